The van der Waals surface area contributed by atoms with Crippen LogP contribution in [-0.4, -0.2) is 36.1 Å². The fourth-order valence-electron chi connectivity index (χ4n) is 4.25. The Kier molecular flexibility index (Phi) is 4.66. The molecule has 5 rings (SSSR count). The Morgan fingerprint density at radius 1 is 1.00 bits per heavy atom. The third-order valence-corrected chi connectivity index (χ3v) is 5.95. The van der Waals surface area contributed by atoms with E-state index in [1.165, 1.54) is 0 Å². The molecule has 26 heavy (non-hydrogen) atoms. The lowest BCUT2D eigenvalue weighted by molar-refractivity contribution is -0.125. The molecule has 4 aliphatic heterocycles. The average molecular weight is 350 g/mol. The Morgan fingerprint density at radius 2 is 1.65 bits per heavy atom. The SMILES string of the molecule is CCC1CCN/C(=C\c2ccc(/C=C3/C(=O)C4CCN3CC4)cc2)C1=O. The minimum Gasteiger partial charge on any atom is -0.382 e. The van der Waals surface area contributed by atoms with Crippen LogP contribution in [0.15, 0.2) is 35.7 Å². The summed E-state index contributed by atoms with van der Waals surface area (Å²) in [6.45, 7) is 4.93. The number of hydrogen-bond donors (Lipinski definition) is 1. The van der Waals surface area contributed by atoms with E-state index in [1.54, 1.807) is 0 Å². The predicted molar refractivity (Wildman–Crippen MR) is 103 cm³/mol. The van der Waals surface area contributed by atoms with Crippen LogP contribution in [0.5, 0.6) is 0 Å². The molecular weight excluding hydrogens is 324 g/mol. The summed E-state index contributed by atoms with van der Waals surface area (Å²) in [6.07, 6.45) is 7.78. The van der Waals surface area contributed by atoms with Crippen LogP contribution in [0.4, 0.5) is 0 Å². The summed E-state index contributed by atoms with van der Waals surface area (Å²) in [5.41, 5.74) is 3.64. The summed E-state index contributed by atoms with van der Waals surface area (Å²) in [5.74, 6) is 0.899. The standard InChI is InChI=1S/C22H26N2O2/c1-2-17-7-10-23-19(21(17)25)13-15-3-5-16(6-4-15)14-20-22(26)18-8-11-24(20)12-9-18/h3-6,13-14,17-18,23H,2,7-12H2,1H3/b19-13-,20-14-. The second kappa shape index (κ2) is 7.10. The van der Waals surface area contributed by atoms with Crippen LogP contribution >= 0.6 is 0 Å². The molecule has 0 aliphatic carbocycles. The van der Waals surface area contributed by atoms with Crippen molar-refractivity contribution in [1.29, 1.82) is 0 Å². The van der Waals surface area contributed by atoms with Crippen LogP contribution < -0.4 is 5.32 Å². The number of carbonyl (C=O) groups excluding carboxylic acids is 2. The van der Waals surface area contributed by atoms with Gasteiger partial charge in [-0.3, -0.25) is 9.59 Å². The van der Waals surface area contributed by atoms with Crippen molar-refractivity contribution in [2.24, 2.45) is 11.8 Å². The van der Waals surface area contributed by atoms with E-state index in [1.807, 2.05) is 36.4 Å². The Bertz CT molecular complexity index is 768. The highest BCUT2D eigenvalue weighted by molar-refractivity contribution is 6.02. The first kappa shape index (κ1) is 17.1. The number of benzene rings is 1. The largest absolute Gasteiger partial charge is 0.382 e. The summed E-state index contributed by atoms with van der Waals surface area (Å²) in [7, 11) is 0. The summed E-state index contributed by atoms with van der Waals surface area (Å²) in [5, 5.41) is 3.23. The summed E-state index contributed by atoms with van der Waals surface area (Å²) >= 11 is 0. The van der Waals surface area contributed by atoms with Crippen molar-refractivity contribution in [2.45, 2.75) is 32.6 Å². The highest BCUT2D eigenvalue weighted by atomic mass is 16.1. The van der Waals surface area contributed by atoms with Gasteiger partial charge in [0.15, 0.2) is 11.6 Å². The number of fused-ring (bicyclic) bond motifs is 3. The Hall–Kier alpha value is -2.36. The maximum atomic E-state index is 12.5. The van der Waals surface area contributed by atoms with Gasteiger partial charge in [0.2, 0.25) is 0 Å². The van der Waals surface area contributed by atoms with Crippen molar-refractivity contribution in [3.05, 3.63) is 46.8 Å². The van der Waals surface area contributed by atoms with Gasteiger partial charge in [-0.25, -0.2) is 0 Å². The molecule has 0 amide bonds. The van der Waals surface area contributed by atoms with E-state index in [9.17, 15) is 9.59 Å². The van der Waals surface area contributed by atoms with Gasteiger partial charge >= 0.3 is 0 Å². The quantitative estimate of drug-likeness (QED) is 0.850. The fourth-order valence-corrected chi connectivity index (χ4v) is 4.25. The number of nitrogens with one attached hydrogen (secondary N) is 1. The Morgan fingerprint density at radius 3 is 2.27 bits per heavy atom. The van der Waals surface area contributed by atoms with Gasteiger partial charge in [0.1, 0.15) is 0 Å². The molecular formula is C22H26N2O2. The van der Waals surface area contributed by atoms with Gasteiger partial charge in [-0.1, -0.05) is 31.2 Å². The predicted octanol–water partition coefficient (Wildman–Crippen LogP) is 3.25. The molecule has 1 unspecified atom stereocenters. The maximum absolute atomic E-state index is 12.5. The van der Waals surface area contributed by atoms with Crippen molar-refractivity contribution >= 4 is 23.7 Å². The first-order valence-electron chi connectivity index (χ1n) is 9.76. The molecule has 4 heteroatoms. The van der Waals surface area contributed by atoms with E-state index in [0.29, 0.717) is 5.78 Å². The molecule has 1 atom stereocenters. The van der Waals surface area contributed by atoms with Crippen molar-refractivity contribution < 1.29 is 9.59 Å². The van der Waals surface area contributed by atoms with Crippen LogP contribution in [0, 0.1) is 11.8 Å². The normalized spacial score (nSPS) is 26.7. The summed E-state index contributed by atoms with van der Waals surface area (Å²) in [4.78, 5) is 27.1. The number of ketones is 2. The molecule has 0 spiro atoms. The third kappa shape index (κ3) is 3.20. The molecule has 1 aromatic rings. The summed E-state index contributed by atoms with van der Waals surface area (Å²) in [6, 6.07) is 8.09. The lowest BCUT2D eigenvalue weighted by Crippen LogP contribution is -2.45. The van der Waals surface area contributed by atoms with Crippen LogP contribution in [0.25, 0.3) is 12.2 Å². The average Bonchev–Trinajstić information content (AvgIpc) is 2.68. The topological polar surface area (TPSA) is 49.4 Å². The van der Waals surface area contributed by atoms with Crippen LogP contribution in [-0.2, 0) is 9.59 Å². The zero-order valence-corrected chi connectivity index (χ0v) is 15.3. The lowest BCUT2D eigenvalue weighted by Gasteiger charge is -2.41. The second-order valence-corrected chi connectivity index (χ2v) is 7.56. The maximum Gasteiger partial charge on any atom is 0.182 e. The van der Waals surface area contributed by atoms with E-state index in [2.05, 4.69) is 17.1 Å². The monoisotopic (exact) mass is 350 g/mol. The number of piperidine rings is 4. The molecule has 0 saturated carbocycles. The highest BCUT2D eigenvalue weighted by Crippen LogP contribution is 2.32. The minimum atomic E-state index is 0.147. The molecule has 1 aromatic carbocycles. The van der Waals surface area contributed by atoms with Crippen LogP contribution in [0.2, 0.25) is 0 Å². The fraction of sp³-hybridized carbons (Fsp3) is 0.455. The van der Waals surface area contributed by atoms with Gasteiger partial charge in [0.05, 0.1) is 11.4 Å². The zero-order valence-electron chi connectivity index (χ0n) is 15.3. The first-order valence-corrected chi connectivity index (χ1v) is 9.76. The van der Waals surface area contributed by atoms with Crippen LogP contribution in [0.1, 0.15) is 43.7 Å². The van der Waals surface area contributed by atoms with Crippen molar-refractivity contribution in [2.75, 3.05) is 19.6 Å². The van der Waals surface area contributed by atoms with E-state index in [-0.39, 0.29) is 17.6 Å². The number of allylic oxidation sites excluding steroid dienone is 2. The molecule has 136 valence electrons. The van der Waals surface area contributed by atoms with Crippen molar-refractivity contribution in [3.8, 4) is 0 Å². The third-order valence-electron chi connectivity index (χ3n) is 5.95. The highest BCUT2D eigenvalue weighted by Gasteiger charge is 2.36. The van der Waals surface area contributed by atoms with Gasteiger partial charge < -0.3 is 10.2 Å². The van der Waals surface area contributed by atoms with E-state index >= 15 is 0 Å². The first-order chi connectivity index (χ1) is 12.7. The Labute approximate surface area is 155 Å². The molecule has 4 aliphatic rings. The number of carbonyl (C=O) groups is 2. The molecule has 4 heterocycles. The number of nitrogens with zero attached hydrogens (tertiary/aromatic N) is 1. The molecule has 4 saturated heterocycles. The lowest BCUT2D eigenvalue weighted by atomic mass is 9.84. The van der Waals surface area contributed by atoms with Gasteiger partial charge in [0, 0.05) is 31.5 Å². The molecule has 4 fully saturated rings. The van der Waals surface area contributed by atoms with Gasteiger partial charge in [0.25, 0.3) is 0 Å². The number of rotatable bonds is 3. The van der Waals surface area contributed by atoms with E-state index in [0.717, 1.165) is 67.8 Å². The summed E-state index contributed by atoms with van der Waals surface area (Å²) < 4.78 is 0. The van der Waals surface area contributed by atoms with Gasteiger partial charge in [-0.05, 0) is 49.0 Å². The van der Waals surface area contributed by atoms with E-state index in [4.69, 9.17) is 0 Å². The molecule has 0 aromatic heterocycles. The van der Waals surface area contributed by atoms with E-state index < -0.39 is 0 Å². The smallest absolute Gasteiger partial charge is 0.182 e. The van der Waals surface area contributed by atoms with Crippen molar-refractivity contribution in [1.82, 2.24) is 10.2 Å². The van der Waals surface area contributed by atoms with Crippen LogP contribution in [0.3, 0.4) is 0 Å². The number of Topliss-reactive ketones (excluding diaryl/α,β-unsaturated/α-hetero) is 2. The molecule has 0 radical (unpaired) electrons. The molecule has 2 bridgehead atoms. The zero-order chi connectivity index (χ0) is 18.1. The van der Waals surface area contributed by atoms with Crippen molar-refractivity contribution in [3.63, 3.8) is 0 Å². The second-order valence-electron chi connectivity index (χ2n) is 7.56. The number of hydrogen-bond acceptors (Lipinski definition) is 4. The molecule has 1 N–H and O–H groups in total. The minimum absolute atomic E-state index is 0.147. The van der Waals surface area contributed by atoms with Gasteiger partial charge in [-0.2, -0.15) is 0 Å². The molecule has 4 nitrogen and oxygen atoms in total. The van der Waals surface area contributed by atoms with Gasteiger partial charge in [-0.15, -0.1) is 0 Å². The Balaban J connectivity index is 1.52.